The molecule has 316 valence electrons. The molecule has 1 saturated heterocycles. The first-order valence-corrected chi connectivity index (χ1v) is 21.8. The zero-order valence-electron chi connectivity index (χ0n) is 32.9. The lowest BCUT2D eigenvalue weighted by Crippen LogP contribution is -2.61. The highest BCUT2D eigenvalue weighted by Gasteiger charge is 2.48. The van der Waals surface area contributed by atoms with E-state index in [0.717, 1.165) is 57.8 Å². The molecule has 0 aromatic rings. The molecule has 1 heterocycles. The molecule has 0 aromatic carbocycles. The van der Waals surface area contributed by atoms with E-state index >= 15 is 0 Å². The van der Waals surface area contributed by atoms with Gasteiger partial charge in [0.25, 0.3) is 0 Å². The third-order valence-corrected chi connectivity index (χ3v) is 9.97. The highest BCUT2D eigenvalue weighted by Crippen LogP contribution is 2.26. The van der Waals surface area contributed by atoms with Crippen molar-refractivity contribution >= 4 is 16.3 Å². The molecule has 1 amide bonds. The lowest BCUT2D eigenvalue weighted by Gasteiger charge is -2.41. The molecule has 14 heteroatoms. The number of carbonyl (C=O) groups is 1. The third kappa shape index (κ3) is 24.0. The maximum absolute atomic E-state index is 13.0. The van der Waals surface area contributed by atoms with Gasteiger partial charge in [-0.25, -0.2) is 4.18 Å². The first kappa shape index (κ1) is 50.3. The van der Waals surface area contributed by atoms with Crippen molar-refractivity contribution < 1.29 is 57.0 Å². The van der Waals surface area contributed by atoms with Crippen molar-refractivity contribution in [3.63, 3.8) is 0 Å². The van der Waals surface area contributed by atoms with Crippen LogP contribution in [0.2, 0.25) is 0 Å². The normalized spacial score (nSPS) is 22.7. The molecule has 0 radical (unpaired) electrons. The Morgan fingerprint density at radius 2 is 1.26 bits per heavy atom. The van der Waals surface area contributed by atoms with E-state index in [-0.39, 0.29) is 6.42 Å². The standard InChI is InChI=1S/C40H73NO12S/c1-3-5-7-9-11-13-14-15-16-17-18-19-21-22-24-26-28-33(43)32(41-39(47)34(44)29-27-25-23-20-12-10-8-6-4-2)31-51-40-37(46)38(53-54(48,49)50)36(45)35(30-42)52-40/h10,12,19,21,26,28,32-38,40,42-46H,3-9,11,13-18,20,22-25,27,29-31H2,1-2H3,(H,41,47)(H,48,49,50)/b12-10-,21-19+,28-26+. The van der Waals surface area contributed by atoms with Crippen molar-refractivity contribution in [1.82, 2.24) is 5.32 Å². The summed E-state index contributed by atoms with van der Waals surface area (Å²) in [5.41, 5.74) is 0. The number of ether oxygens (including phenoxy) is 2. The van der Waals surface area contributed by atoms with Gasteiger partial charge in [-0.15, -0.1) is 0 Å². The van der Waals surface area contributed by atoms with Crippen LogP contribution in [0, 0.1) is 0 Å². The van der Waals surface area contributed by atoms with E-state index in [2.05, 4.69) is 47.7 Å². The van der Waals surface area contributed by atoms with Gasteiger partial charge in [0.15, 0.2) is 6.29 Å². The highest BCUT2D eigenvalue weighted by molar-refractivity contribution is 7.80. The first-order chi connectivity index (χ1) is 25.9. The number of hydrogen-bond donors (Lipinski definition) is 7. The lowest BCUT2D eigenvalue weighted by molar-refractivity contribution is -0.298. The Labute approximate surface area is 325 Å². The van der Waals surface area contributed by atoms with Crippen molar-refractivity contribution in [3.05, 3.63) is 36.5 Å². The Bertz CT molecular complexity index is 1130. The van der Waals surface area contributed by atoms with Gasteiger partial charge in [0.1, 0.15) is 30.5 Å². The molecule has 1 aliphatic heterocycles. The number of aliphatic hydroxyl groups excluding tert-OH is 5. The van der Waals surface area contributed by atoms with Crippen LogP contribution in [0.25, 0.3) is 0 Å². The number of amides is 1. The van der Waals surface area contributed by atoms with Crippen molar-refractivity contribution in [3.8, 4) is 0 Å². The predicted octanol–water partition coefficient (Wildman–Crippen LogP) is 5.74. The summed E-state index contributed by atoms with van der Waals surface area (Å²) in [4.78, 5) is 13.0. The van der Waals surface area contributed by atoms with Crippen LogP contribution in [0.4, 0.5) is 0 Å². The van der Waals surface area contributed by atoms with Crippen LogP contribution in [0.1, 0.15) is 149 Å². The topological polar surface area (TPSA) is 212 Å². The third-order valence-electron chi connectivity index (χ3n) is 9.50. The Hall–Kier alpha value is -1.72. The van der Waals surface area contributed by atoms with Crippen LogP contribution in [-0.4, -0.2) is 107 Å². The Balaban J connectivity index is 2.70. The number of rotatable bonds is 33. The Morgan fingerprint density at radius 3 is 1.83 bits per heavy atom. The van der Waals surface area contributed by atoms with Gasteiger partial charge in [0.2, 0.25) is 5.91 Å². The molecule has 1 rings (SSSR count). The zero-order chi connectivity index (χ0) is 40.0. The molecular formula is C40H73NO12S. The minimum Gasteiger partial charge on any atom is -0.394 e. The molecule has 1 aliphatic rings. The molecule has 13 nitrogen and oxygen atoms in total. The van der Waals surface area contributed by atoms with Crippen LogP contribution in [0.5, 0.6) is 0 Å². The molecule has 0 bridgehead atoms. The second-order valence-electron chi connectivity index (χ2n) is 14.3. The van der Waals surface area contributed by atoms with E-state index in [1.54, 1.807) is 6.08 Å². The summed E-state index contributed by atoms with van der Waals surface area (Å²) in [5, 5.41) is 54.8. The van der Waals surface area contributed by atoms with Crippen LogP contribution >= 0.6 is 0 Å². The predicted molar refractivity (Wildman–Crippen MR) is 210 cm³/mol. The summed E-state index contributed by atoms with van der Waals surface area (Å²) in [6.07, 6.45) is 22.6. The summed E-state index contributed by atoms with van der Waals surface area (Å²) in [6, 6.07) is -1.14. The second kappa shape index (κ2) is 31.4. The van der Waals surface area contributed by atoms with Crippen LogP contribution < -0.4 is 5.32 Å². The van der Waals surface area contributed by atoms with E-state index in [4.69, 9.17) is 14.0 Å². The van der Waals surface area contributed by atoms with Gasteiger partial charge in [-0.3, -0.25) is 9.35 Å². The molecule has 8 unspecified atom stereocenters. The average molecular weight is 792 g/mol. The number of hydrogen-bond acceptors (Lipinski definition) is 11. The molecular weight excluding hydrogens is 719 g/mol. The summed E-state index contributed by atoms with van der Waals surface area (Å²) in [5.74, 6) is -0.730. The molecule has 8 atom stereocenters. The average Bonchev–Trinajstić information content (AvgIpc) is 3.14. The van der Waals surface area contributed by atoms with Gasteiger partial charge in [-0.2, -0.15) is 8.42 Å². The molecule has 0 saturated carbocycles. The Morgan fingerprint density at radius 1 is 0.741 bits per heavy atom. The quantitative estimate of drug-likeness (QED) is 0.0241. The van der Waals surface area contributed by atoms with Crippen molar-refractivity contribution in [2.45, 2.75) is 198 Å². The summed E-state index contributed by atoms with van der Waals surface area (Å²) in [6.45, 7) is 3.10. The SMILES string of the molecule is CCCC/C=C\CCCCCC(O)C(=O)NC(COC1OC(CO)C(O)C(OS(=O)(=O)O)C1O)C(O)/C=C/CC/C=C/CCCCCCCCCCCC. The fourth-order valence-corrected chi connectivity index (χ4v) is 6.67. The maximum atomic E-state index is 13.0. The van der Waals surface area contributed by atoms with E-state index in [1.807, 2.05) is 0 Å². The van der Waals surface area contributed by atoms with E-state index in [9.17, 15) is 38.7 Å². The van der Waals surface area contributed by atoms with Gasteiger partial charge in [0, 0.05) is 0 Å². The highest BCUT2D eigenvalue weighted by atomic mass is 32.3. The van der Waals surface area contributed by atoms with Crippen LogP contribution in [-0.2, 0) is 28.9 Å². The van der Waals surface area contributed by atoms with Gasteiger partial charge >= 0.3 is 10.4 Å². The zero-order valence-corrected chi connectivity index (χ0v) is 33.7. The van der Waals surface area contributed by atoms with E-state index in [1.165, 1.54) is 63.9 Å². The fraction of sp³-hybridized carbons (Fsp3) is 0.825. The number of aliphatic hydroxyl groups is 5. The van der Waals surface area contributed by atoms with Gasteiger partial charge in [-0.1, -0.05) is 134 Å². The Kier molecular flexibility index (Phi) is 29.2. The monoisotopic (exact) mass is 791 g/mol. The van der Waals surface area contributed by atoms with E-state index < -0.39 is 78.5 Å². The van der Waals surface area contributed by atoms with Gasteiger partial charge < -0.3 is 40.3 Å². The van der Waals surface area contributed by atoms with Crippen LogP contribution in [0.3, 0.4) is 0 Å². The molecule has 0 aromatic heterocycles. The fourth-order valence-electron chi connectivity index (χ4n) is 6.16. The number of nitrogens with one attached hydrogen (secondary N) is 1. The van der Waals surface area contributed by atoms with Gasteiger partial charge in [-0.05, 0) is 51.4 Å². The molecule has 54 heavy (non-hydrogen) atoms. The number of carbonyl (C=O) groups excluding carboxylic acids is 1. The van der Waals surface area contributed by atoms with Gasteiger partial charge in [0.05, 0.1) is 25.4 Å². The summed E-state index contributed by atoms with van der Waals surface area (Å²) in [7, 11) is -5.12. The smallest absolute Gasteiger partial charge is 0.394 e. The number of unbranched alkanes of at least 4 members (excludes halogenated alkanes) is 16. The van der Waals surface area contributed by atoms with Crippen molar-refractivity contribution in [2.24, 2.45) is 0 Å². The number of allylic oxidation sites excluding steroid dienone is 5. The lowest BCUT2D eigenvalue weighted by atomic mass is 9.99. The molecule has 0 spiro atoms. The maximum Gasteiger partial charge on any atom is 0.397 e. The first-order valence-electron chi connectivity index (χ1n) is 20.5. The minimum absolute atomic E-state index is 0.214. The largest absolute Gasteiger partial charge is 0.397 e. The molecule has 0 aliphatic carbocycles. The minimum atomic E-state index is -5.12. The van der Waals surface area contributed by atoms with Crippen LogP contribution in [0.15, 0.2) is 36.5 Å². The summed E-state index contributed by atoms with van der Waals surface area (Å²) >= 11 is 0. The second-order valence-corrected chi connectivity index (χ2v) is 15.4. The van der Waals surface area contributed by atoms with Crippen molar-refractivity contribution in [2.75, 3.05) is 13.2 Å². The molecule has 1 fully saturated rings. The molecule has 7 N–H and O–H groups in total. The van der Waals surface area contributed by atoms with Crippen molar-refractivity contribution in [1.29, 1.82) is 0 Å². The van der Waals surface area contributed by atoms with E-state index in [0.29, 0.717) is 12.8 Å². The summed E-state index contributed by atoms with van der Waals surface area (Å²) < 4.78 is 47.3.